The molecule has 19 heavy (non-hydrogen) atoms. The van der Waals surface area contributed by atoms with Crippen LogP contribution < -0.4 is 0 Å². The van der Waals surface area contributed by atoms with Crippen LogP contribution >= 0.6 is 11.6 Å². The lowest BCUT2D eigenvalue weighted by atomic mass is 10.0. The maximum absolute atomic E-state index is 13.5. The largest absolute Gasteiger partial charge is 0.388 e. The van der Waals surface area contributed by atoms with Gasteiger partial charge in [-0.1, -0.05) is 41.9 Å². The number of benzene rings is 2. The Morgan fingerprint density at radius 3 is 2.58 bits per heavy atom. The van der Waals surface area contributed by atoms with Crippen LogP contribution in [0.3, 0.4) is 0 Å². The molecular formula is C16H16ClFO. The normalized spacial score (nSPS) is 12.4. The van der Waals surface area contributed by atoms with E-state index in [-0.39, 0.29) is 5.82 Å². The molecule has 0 saturated carbocycles. The third kappa shape index (κ3) is 4.05. The Kier molecular flexibility index (Phi) is 4.94. The first kappa shape index (κ1) is 14.0. The Morgan fingerprint density at radius 2 is 1.84 bits per heavy atom. The van der Waals surface area contributed by atoms with Crippen molar-refractivity contribution in [1.29, 1.82) is 0 Å². The Bertz CT molecular complexity index is 528. The summed E-state index contributed by atoms with van der Waals surface area (Å²) in [7, 11) is 0. The number of halogens is 2. The highest BCUT2D eigenvalue weighted by Crippen LogP contribution is 2.21. The predicted molar refractivity (Wildman–Crippen MR) is 75.7 cm³/mol. The molecule has 0 radical (unpaired) electrons. The summed E-state index contributed by atoms with van der Waals surface area (Å²) in [5.41, 5.74) is 1.50. The van der Waals surface area contributed by atoms with Crippen molar-refractivity contribution in [3.05, 3.63) is 70.5 Å². The molecule has 0 bridgehead atoms. The van der Waals surface area contributed by atoms with Gasteiger partial charge in [-0.3, -0.25) is 0 Å². The second-order valence-corrected chi connectivity index (χ2v) is 4.99. The van der Waals surface area contributed by atoms with Gasteiger partial charge in [0.1, 0.15) is 5.82 Å². The van der Waals surface area contributed by atoms with E-state index in [1.54, 1.807) is 12.1 Å². The number of aliphatic hydroxyl groups is 1. The van der Waals surface area contributed by atoms with E-state index in [2.05, 4.69) is 0 Å². The van der Waals surface area contributed by atoms with Gasteiger partial charge in [-0.25, -0.2) is 4.39 Å². The van der Waals surface area contributed by atoms with Gasteiger partial charge in [-0.05, 0) is 48.6 Å². The molecule has 0 spiro atoms. The van der Waals surface area contributed by atoms with E-state index in [0.29, 0.717) is 29.8 Å². The molecule has 0 aromatic heterocycles. The van der Waals surface area contributed by atoms with Gasteiger partial charge < -0.3 is 5.11 Å². The molecule has 0 aliphatic heterocycles. The number of hydrogen-bond donors (Lipinski definition) is 1. The summed E-state index contributed by atoms with van der Waals surface area (Å²) in [6.45, 7) is 0. The van der Waals surface area contributed by atoms with Crippen LogP contribution in [0.1, 0.15) is 30.1 Å². The molecule has 1 unspecified atom stereocenters. The van der Waals surface area contributed by atoms with Crippen molar-refractivity contribution in [1.82, 2.24) is 0 Å². The summed E-state index contributed by atoms with van der Waals surface area (Å²) in [6, 6.07) is 14.1. The fourth-order valence-corrected chi connectivity index (χ4v) is 2.26. The van der Waals surface area contributed by atoms with E-state index < -0.39 is 6.10 Å². The molecule has 1 nitrogen and oxygen atoms in total. The maximum Gasteiger partial charge on any atom is 0.126 e. The summed E-state index contributed by atoms with van der Waals surface area (Å²) in [6.07, 6.45) is 1.41. The summed E-state index contributed by atoms with van der Waals surface area (Å²) in [5.74, 6) is -0.237. The molecule has 0 saturated heterocycles. The molecule has 1 atom stereocenters. The molecule has 2 aromatic rings. The molecule has 1 N–H and O–H groups in total. The first-order chi connectivity index (χ1) is 9.16. The molecular weight excluding hydrogens is 263 g/mol. The van der Waals surface area contributed by atoms with Gasteiger partial charge in [-0.15, -0.1) is 0 Å². The van der Waals surface area contributed by atoms with Crippen LogP contribution in [-0.2, 0) is 6.42 Å². The van der Waals surface area contributed by atoms with E-state index >= 15 is 0 Å². The van der Waals surface area contributed by atoms with Crippen LogP contribution in [0.15, 0.2) is 48.5 Å². The number of hydrogen-bond acceptors (Lipinski definition) is 1. The monoisotopic (exact) mass is 278 g/mol. The van der Waals surface area contributed by atoms with Gasteiger partial charge >= 0.3 is 0 Å². The first-order valence-corrected chi connectivity index (χ1v) is 6.71. The molecule has 3 heteroatoms. The molecule has 100 valence electrons. The first-order valence-electron chi connectivity index (χ1n) is 6.34. The van der Waals surface area contributed by atoms with E-state index in [1.807, 2.05) is 30.3 Å². The minimum absolute atomic E-state index is 0.237. The van der Waals surface area contributed by atoms with E-state index in [9.17, 15) is 9.50 Å². The third-order valence-electron chi connectivity index (χ3n) is 3.12. The minimum atomic E-state index is -0.497. The van der Waals surface area contributed by atoms with Crippen molar-refractivity contribution in [2.24, 2.45) is 0 Å². The van der Waals surface area contributed by atoms with Gasteiger partial charge in [0.05, 0.1) is 6.10 Å². The highest BCUT2D eigenvalue weighted by atomic mass is 35.5. The van der Waals surface area contributed by atoms with Crippen LogP contribution in [0.25, 0.3) is 0 Å². The van der Waals surface area contributed by atoms with Crippen LogP contribution in [0.2, 0.25) is 5.02 Å². The number of rotatable bonds is 5. The van der Waals surface area contributed by atoms with Crippen molar-refractivity contribution >= 4 is 11.6 Å². The van der Waals surface area contributed by atoms with Gasteiger partial charge in [0.25, 0.3) is 0 Å². The Labute approximate surface area is 117 Å². The number of aryl methyl sites for hydroxylation is 1. The molecule has 0 aliphatic carbocycles. The predicted octanol–water partition coefficient (Wildman–Crippen LogP) is 4.54. The molecule has 2 rings (SSSR count). The summed E-state index contributed by atoms with van der Waals surface area (Å²) in [5, 5.41) is 10.5. The van der Waals surface area contributed by atoms with Crippen molar-refractivity contribution in [2.75, 3.05) is 0 Å². The zero-order chi connectivity index (χ0) is 13.7. The Balaban J connectivity index is 1.88. The van der Waals surface area contributed by atoms with Crippen molar-refractivity contribution in [3.8, 4) is 0 Å². The van der Waals surface area contributed by atoms with Gasteiger partial charge in [0.15, 0.2) is 0 Å². The van der Waals surface area contributed by atoms with Crippen LogP contribution in [0, 0.1) is 5.82 Å². The average molecular weight is 279 g/mol. The summed E-state index contributed by atoms with van der Waals surface area (Å²) < 4.78 is 13.5. The zero-order valence-corrected chi connectivity index (χ0v) is 11.3. The second-order valence-electron chi connectivity index (χ2n) is 4.55. The summed E-state index contributed by atoms with van der Waals surface area (Å²) >= 11 is 5.84. The van der Waals surface area contributed by atoms with E-state index in [4.69, 9.17) is 11.6 Å². The topological polar surface area (TPSA) is 20.2 Å². The SMILES string of the molecule is OC(CCCc1cc(Cl)ccc1F)c1ccccc1. The van der Waals surface area contributed by atoms with Crippen LogP contribution in [0.5, 0.6) is 0 Å². The Hall–Kier alpha value is -1.38. The lowest BCUT2D eigenvalue weighted by Gasteiger charge is -2.11. The highest BCUT2D eigenvalue weighted by molar-refractivity contribution is 6.30. The Morgan fingerprint density at radius 1 is 1.11 bits per heavy atom. The smallest absolute Gasteiger partial charge is 0.126 e. The van der Waals surface area contributed by atoms with Crippen LogP contribution in [0.4, 0.5) is 4.39 Å². The van der Waals surface area contributed by atoms with Gasteiger partial charge in [0, 0.05) is 5.02 Å². The molecule has 0 fully saturated rings. The third-order valence-corrected chi connectivity index (χ3v) is 3.35. The van der Waals surface area contributed by atoms with Gasteiger partial charge in [-0.2, -0.15) is 0 Å². The van der Waals surface area contributed by atoms with Crippen molar-refractivity contribution < 1.29 is 9.50 Å². The van der Waals surface area contributed by atoms with Crippen LogP contribution in [-0.4, -0.2) is 5.11 Å². The zero-order valence-electron chi connectivity index (χ0n) is 10.5. The number of aliphatic hydroxyl groups excluding tert-OH is 1. The minimum Gasteiger partial charge on any atom is -0.388 e. The van der Waals surface area contributed by atoms with Crippen molar-refractivity contribution in [3.63, 3.8) is 0 Å². The van der Waals surface area contributed by atoms with E-state index in [1.165, 1.54) is 6.07 Å². The molecule has 0 aliphatic rings. The lowest BCUT2D eigenvalue weighted by Crippen LogP contribution is -1.99. The molecule has 2 aromatic carbocycles. The van der Waals surface area contributed by atoms with Gasteiger partial charge in [0.2, 0.25) is 0 Å². The fraction of sp³-hybridized carbons (Fsp3) is 0.250. The maximum atomic E-state index is 13.5. The van der Waals surface area contributed by atoms with Crippen molar-refractivity contribution in [2.45, 2.75) is 25.4 Å². The second kappa shape index (κ2) is 6.69. The quantitative estimate of drug-likeness (QED) is 0.851. The average Bonchev–Trinajstić information content (AvgIpc) is 2.43. The molecule has 0 heterocycles. The molecule has 0 amide bonds. The standard InChI is InChI=1S/C16H16ClFO/c17-14-9-10-15(18)13(11-14)7-4-8-16(19)12-5-2-1-3-6-12/h1-3,5-6,9-11,16,19H,4,7-8H2. The lowest BCUT2D eigenvalue weighted by molar-refractivity contribution is 0.164. The highest BCUT2D eigenvalue weighted by Gasteiger charge is 2.08. The van der Waals surface area contributed by atoms with E-state index in [0.717, 1.165) is 5.56 Å². The summed E-state index contributed by atoms with van der Waals surface area (Å²) in [4.78, 5) is 0. The fourth-order valence-electron chi connectivity index (χ4n) is 2.06.